The molecule has 190 valence electrons. The Morgan fingerprint density at radius 1 is 1.03 bits per heavy atom. The summed E-state index contributed by atoms with van der Waals surface area (Å²) >= 11 is 16.2. The van der Waals surface area contributed by atoms with Crippen LogP contribution in [0.5, 0.6) is 5.75 Å². The zero-order chi connectivity index (χ0) is 26.4. The number of imidazole rings is 1. The normalized spacial score (nSPS) is 14.9. The quantitative estimate of drug-likeness (QED) is 0.253. The molecule has 1 amide bonds. The number of hydrogen-bond acceptors (Lipinski definition) is 4. The van der Waals surface area contributed by atoms with E-state index in [0.717, 1.165) is 16.9 Å². The Morgan fingerprint density at radius 3 is 2.32 bits per heavy atom. The molecule has 0 N–H and O–H groups in total. The molecule has 2 aromatic carbocycles. The van der Waals surface area contributed by atoms with Gasteiger partial charge < -0.3 is 13.9 Å². The Labute approximate surface area is 232 Å². The number of carbonyl (C=O) groups excluding carboxylic acids is 1. The number of anilines is 1. The summed E-state index contributed by atoms with van der Waals surface area (Å²) in [4.78, 5) is 33.7. The van der Waals surface area contributed by atoms with Crippen molar-refractivity contribution >= 4 is 50.7 Å². The Balaban J connectivity index is 1.66. The van der Waals surface area contributed by atoms with Gasteiger partial charge in [-0.05, 0) is 71.2 Å². The van der Waals surface area contributed by atoms with Crippen molar-refractivity contribution in [2.24, 2.45) is 0 Å². The molecule has 1 aliphatic heterocycles. The summed E-state index contributed by atoms with van der Waals surface area (Å²) < 4.78 is 9.26. The number of benzene rings is 2. The molecule has 0 bridgehead atoms. The van der Waals surface area contributed by atoms with Crippen LogP contribution in [0.4, 0.5) is 5.69 Å². The fourth-order valence-corrected chi connectivity index (χ4v) is 5.81. The summed E-state index contributed by atoms with van der Waals surface area (Å²) in [5.41, 5.74) is 2.52. The van der Waals surface area contributed by atoms with E-state index in [-0.39, 0.29) is 29.7 Å². The lowest BCUT2D eigenvalue weighted by atomic mass is 10.0. The maximum absolute atomic E-state index is 13.8. The third kappa shape index (κ3) is 4.58. The van der Waals surface area contributed by atoms with Crippen LogP contribution in [-0.4, -0.2) is 27.1 Å². The van der Waals surface area contributed by atoms with Crippen molar-refractivity contribution in [2.45, 2.75) is 32.5 Å². The van der Waals surface area contributed by atoms with Crippen molar-refractivity contribution in [2.75, 3.05) is 12.0 Å². The molecule has 1 unspecified atom stereocenters. The van der Waals surface area contributed by atoms with Crippen LogP contribution in [0.15, 0.2) is 70.3 Å². The standard InChI is InChI=1S/C27H23BrCl2N4O3/c1-15(2)33-24-22(31-27(33)28)26(36)34(23(24)17-6-8-18(29)9-7-17)21-12-19(30)14-32(25(21)35)13-16-4-10-20(37-3)11-5-16/h4-12,14-15,23H,13H2,1-3H3. The molecule has 0 saturated carbocycles. The molecule has 4 aromatic rings. The number of rotatable bonds is 6. The maximum Gasteiger partial charge on any atom is 0.279 e. The van der Waals surface area contributed by atoms with Crippen LogP contribution in [0.1, 0.15) is 53.2 Å². The summed E-state index contributed by atoms with van der Waals surface area (Å²) in [7, 11) is 1.60. The van der Waals surface area contributed by atoms with Crippen LogP contribution in [0.2, 0.25) is 10.0 Å². The van der Waals surface area contributed by atoms with E-state index in [1.165, 1.54) is 15.5 Å². The first kappa shape index (κ1) is 25.6. The van der Waals surface area contributed by atoms with Gasteiger partial charge in [-0.15, -0.1) is 0 Å². The molecule has 7 nitrogen and oxygen atoms in total. The van der Waals surface area contributed by atoms with E-state index in [1.54, 1.807) is 25.4 Å². The number of amides is 1. The van der Waals surface area contributed by atoms with Crippen LogP contribution in [0.25, 0.3) is 0 Å². The number of aromatic nitrogens is 3. The molecule has 0 aliphatic carbocycles. The van der Waals surface area contributed by atoms with E-state index < -0.39 is 6.04 Å². The first-order valence-electron chi connectivity index (χ1n) is 11.6. The van der Waals surface area contributed by atoms with Crippen molar-refractivity contribution < 1.29 is 9.53 Å². The summed E-state index contributed by atoms with van der Waals surface area (Å²) in [5, 5.41) is 0.909. The highest BCUT2D eigenvalue weighted by Crippen LogP contribution is 2.43. The van der Waals surface area contributed by atoms with Gasteiger partial charge in [0.1, 0.15) is 17.5 Å². The summed E-state index contributed by atoms with van der Waals surface area (Å²) in [6.07, 6.45) is 1.58. The van der Waals surface area contributed by atoms with Crippen LogP contribution in [-0.2, 0) is 6.54 Å². The maximum atomic E-state index is 13.8. The lowest BCUT2D eigenvalue weighted by Gasteiger charge is -2.28. The van der Waals surface area contributed by atoms with Gasteiger partial charge in [0.15, 0.2) is 10.4 Å². The van der Waals surface area contributed by atoms with Gasteiger partial charge >= 0.3 is 0 Å². The zero-order valence-electron chi connectivity index (χ0n) is 20.3. The second-order valence-corrected chi connectivity index (χ2v) is 10.6. The van der Waals surface area contributed by atoms with Crippen molar-refractivity contribution in [3.8, 4) is 5.75 Å². The lowest BCUT2D eigenvalue weighted by molar-refractivity contribution is 0.0989. The van der Waals surface area contributed by atoms with Crippen LogP contribution >= 0.6 is 39.1 Å². The zero-order valence-corrected chi connectivity index (χ0v) is 23.4. The Bertz CT molecular complexity index is 1550. The molecule has 0 spiro atoms. The van der Waals surface area contributed by atoms with E-state index >= 15 is 0 Å². The highest BCUT2D eigenvalue weighted by atomic mass is 79.9. The molecule has 0 radical (unpaired) electrons. The predicted molar refractivity (Wildman–Crippen MR) is 148 cm³/mol. The van der Waals surface area contributed by atoms with E-state index in [4.69, 9.17) is 27.9 Å². The molecule has 10 heteroatoms. The number of carbonyl (C=O) groups is 1. The molecule has 1 atom stereocenters. The topological polar surface area (TPSA) is 69.4 Å². The van der Waals surface area contributed by atoms with Crippen LogP contribution in [0.3, 0.4) is 0 Å². The molecular formula is C27H23BrCl2N4O3. The molecule has 2 aromatic heterocycles. The van der Waals surface area contributed by atoms with Gasteiger partial charge in [0, 0.05) is 17.3 Å². The number of nitrogens with zero attached hydrogens (tertiary/aromatic N) is 4. The van der Waals surface area contributed by atoms with Gasteiger partial charge in [0.25, 0.3) is 11.5 Å². The molecule has 0 fully saturated rings. The molecule has 5 rings (SSSR count). The first-order valence-corrected chi connectivity index (χ1v) is 13.1. The second kappa shape index (κ2) is 10.0. The Hall–Kier alpha value is -3.07. The number of halogens is 3. The number of pyridine rings is 1. The van der Waals surface area contributed by atoms with Crippen LogP contribution in [0, 0.1) is 0 Å². The van der Waals surface area contributed by atoms with Crippen molar-refractivity contribution in [3.63, 3.8) is 0 Å². The molecule has 3 heterocycles. The van der Waals surface area contributed by atoms with E-state index in [1.807, 2.05) is 54.8 Å². The van der Waals surface area contributed by atoms with Gasteiger partial charge in [-0.25, -0.2) is 4.98 Å². The minimum Gasteiger partial charge on any atom is -0.497 e. The summed E-state index contributed by atoms with van der Waals surface area (Å²) in [6.45, 7) is 4.30. The fraction of sp³-hybridized carbons (Fsp3) is 0.222. The summed E-state index contributed by atoms with van der Waals surface area (Å²) in [6, 6.07) is 15.6. The van der Waals surface area contributed by atoms with Crippen molar-refractivity contribution in [1.29, 1.82) is 0 Å². The summed E-state index contributed by atoms with van der Waals surface area (Å²) in [5.74, 6) is 0.351. The fourth-order valence-electron chi connectivity index (χ4n) is 4.68. The highest BCUT2D eigenvalue weighted by Gasteiger charge is 2.45. The Morgan fingerprint density at radius 2 is 1.70 bits per heavy atom. The molecule has 0 saturated heterocycles. The number of methoxy groups -OCH3 is 1. The van der Waals surface area contributed by atoms with Crippen molar-refractivity contribution in [1.82, 2.24) is 14.1 Å². The average molecular weight is 602 g/mol. The Kier molecular flexibility index (Phi) is 6.91. The second-order valence-electron chi connectivity index (χ2n) is 9.03. The van der Waals surface area contributed by atoms with Gasteiger partial charge in [0.2, 0.25) is 0 Å². The van der Waals surface area contributed by atoms with Crippen molar-refractivity contribution in [3.05, 3.63) is 108 Å². The van der Waals surface area contributed by atoms with Gasteiger partial charge in [-0.2, -0.15) is 0 Å². The minimum atomic E-state index is -0.596. The van der Waals surface area contributed by atoms with Crippen LogP contribution < -0.4 is 15.2 Å². The third-order valence-corrected chi connectivity index (χ3v) is 7.37. The number of ether oxygens (including phenoxy) is 1. The van der Waals surface area contributed by atoms with Gasteiger partial charge in [-0.1, -0.05) is 47.5 Å². The largest absolute Gasteiger partial charge is 0.497 e. The van der Waals surface area contributed by atoms with E-state index in [9.17, 15) is 9.59 Å². The smallest absolute Gasteiger partial charge is 0.279 e. The molecule has 37 heavy (non-hydrogen) atoms. The average Bonchev–Trinajstić information content (AvgIpc) is 3.35. The minimum absolute atomic E-state index is 0.0132. The monoisotopic (exact) mass is 600 g/mol. The highest BCUT2D eigenvalue weighted by molar-refractivity contribution is 9.10. The predicted octanol–water partition coefficient (Wildman–Crippen LogP) is 6.50. The molecule has 1 aliphatic rings. The number of fused-ring (bicyclic) bond motifs is 1. The van der Waals surface area contributed by atoms with E-state index in [0.29, 0.717) is 26.2 Å². The van der Waals surface area contributed by atoms with Gasteiger partial charge in [-0.3, -0.25) is 14.5 Å². The first-order chi connectivity index (χ1) is 17.7. The lowest BCUT2D eigenvalue weighted by Crippen LogP contribution is -2.36. The third-order valence-electron chi connectivity index (χ3n) is 6.35. The van der Waals surface area contributed by atoms with E-state index in [2.05, 4.69) is 20.9 Å². The number of hydrogen-bond donors (Lipinski definition) is 0. The molecular weight excluding hydrogens is 579 g/mol. The SMILES string of the molecule is COc1ccc(Cn2cc(Cl)cc(N3C(=O)c4nc(Br)n(C(C)C)c4C3c3ccc(Cl)cc3)c2=O)cc1. The van der Waals surface area contributed by atoms with Gasteiger partial charge in [0.05, 0.1) is 24.4 Å².